The van der Waals surface area contributed by atoms with Crippen molar-refractivity contribution in [3.63, 3.8) is 0 Å². The van der Waals surface area contributed by atoms with Crippen molar-refractivity contribution in [3.8, 4) is 16.9 Å². The molecule has 0 bridgehead atoms. The number of guanidine groups is 2. The van der Waals surface area contributed by atoms with Crippen LogP contribution in [-0.2, 0) is 4.74 Å². The van der Waals surface area contributed by atoms with E-state index in [0.717, 1.165) is 5.56 Å². The Hall–Kier alpha value is -3.17. The standard InChI is InChI=1S/C22H28Cl2N6O3/c1-22(2,3)33-21(31)30(4)9-10-32-15-7-5-13(6-8-15)18-16(23)11-14(12-17(18)24)28-20(27)29-19(25)26/h5-8,11-12H,9-10H2,1-4H3,(H6,25,26,27,28,29). The number of likely N-dealkylation sites (N-methyl/N-ethyl adjacent to an activating group) is 1. The van der Waals surface area contributed by atoms with Gasteiger partial charge in [0.1, 0.15) is 18.0 Å². The van der Waals surface area contributed by atoms with Gasteiger partial charge in [0, 0.05) is 12.6 Å². The van der Waals surface area contributed by atoms with Gasteiger partial charge in [-0.1, -0.05) is 35.3 Å². The molecule has 6 N–H and O–H groups in total. The SMILES string of the molecule is CN(CCOc1ccc(-c2c(Cl)cc(N=C(N)N=C(N)N)cc2Cl)cc1)C(=O)OC(C)(C)C. The smallest absolute Gasteiger partial charge is 0.410 e. The van der Waals surface area contributed by atoms with Gasteiger partial charge in [0.25, 0.3) is 0 Å². The van der Waals surface area contributed by atoms with Crippen LogP contribution in [0, 0.1) is 0 Å². The second-order valence-corrected chi connectivity index (χ2v) is 8.88. The highest BCUT2D eigenvalue weighted by Gasteiger charge is 2.19. The van der Waals surface area contributed by atoms with Gasteiger partial charge in [-0.2, -0.15) is 4.99 Å². The van der Waals surface area contributed by atoms with Gasteiger partial charge >= 0.3 is 6.09 Å². The molecule has 0 unspecified atom stereocenters. The summed E-state index contributed by atoms with van der Waals surface area (Å²) in [6.45, 7) is 6.13. The topological polar surface area (TPSA) is 142 Å². The van der Waals surface area contributed by atoms with Crippen molar-refractivity contribution in [3.05, 3.63) is 46.4 Å². The van der Waals surface area contributed by atoms with Crippen molar-refractivity contribution < 1.29 is 14.3 Å². The predicted molar refractivity (Wildman–Crippen MR) is 133 cm³/mol. The van der Waals surface area contributed by atoms with Crippen LogP contribution in [0.15, 0.2) is 46.4 Å². The molecule has 0 aliphatic rings. The molecule has 0 heterocycles. The van der Waals surface area contributed by atoms with Crippen molar-refractivity contribution >= 4 is 46.9 Å². The van der Waals surface area contributed by atoms with Crippen LogP contribution in [0.1, 0.15) is 20.8 Å². The van der Waals surface area contributed by atoms with Crippen LogP contribution >= 0.6 is 23.2 Å². The lowest BCUT2D eigenvalue weighted by molar-refractivity contribution is 0.0278. The Kier molecular flexibility index (Phi) is 8.78. The third-order valence-electron chi connectivity index (χ3n) is 4.06. The highest BCUT2D eigenvalue weighted by Crippen LogP contribution is 2.38. The first-order valence-corrected chi connectivity index (χ1v) is 10.7. The summed E-state index contributed by atoms with van der Waals surface area (Å²) in [5.41, 5.74) is 17.5. The number of aliphatic imine (C=N–C) groups is 2. The minimum atomic E-state index is -0.547. The first-order valence-electron chi connectivity index (χ1n) is 9.96. The average Bonchev–Trinajstić information content (AvgIpc) is 2.66. The number of rotatable bonds is 6. The van der Waals surface area contributed by atoms with Gasteiger partial charge in [0.2, 0.25) is 5.96 Å². The van der Waals surface area contributed by atoms with Crippen molar-refractivity contribution in [2.75, 3.05) is 20.2 Å². The number of benzene rings is 2. The number of ether oxygens (including phenoxy) is 2. The van der Waals surface area contributed by atoms with Crippen LogP contribution in [0.5, 0.6) is 5.75 Å². The lowest BCUT2D eigenvalue weighted by Crippen LogP contribution is -2.36. The Morgan fingerprint density at radius 1 is 1.06 bits per heavy atom. The lowest BCUT2D eigenvalue weighted by atomic mass is 10.0. The molecule has 33 heavy (non-hydrogen) atoms. The van der Waals surface area contributed by atoms with E-state index in [1.54, 1.807) is 31.3 Å². The number of halogens is 2. The van der Waals surface area contributed by atoms with Gasteiger partial charge < -0.3 is 31.6 Å². The summed E-state index contributed by atoms with van der Waals surface area (Å²) in [5.74, 6) is 0.312. The number of nitrogens with zero attached hydrogens (tertiary/aromatic N) is 3. The molecule has 1 amide bonds. The van der Waals surface area contributed by atoms with Gasteiger partial charge in [-0.25, -0.2) is 9.79 Å². The molecule has 0 radical (unpaired) electrons. The van der Waals surface area contributed by atoms with E-state index in [-0.39, 0.29) is 11.9 Å². The fraction of sp³-hybridized carbons (Fsp3) is 0.318. The summed E-state index contributed by atoms with van der Waals surface area (Å²) in [6.07, 6.45) is -0.404. The Labute approximate surface area is 203 Å². The summed E-state index contributed by atoms with van der Waals surface area (Å²) < 4.78 is 11.0. The van der Waals surface area contributed by atoms with Crippen molar-refractivity contribution in [1.29, 1.82) is 0 Å². The van der Waals surface area contributed by atoms with E-state index in [1.807, 2.05) is 32.9 Å². The van der Waals surface area contributed by atoms with Crippen molar-refractivity contribution in [1.82, 2.24) is 4.90 Å². The van der Waals surface area contributed by atoms with E-state index in [0.29, 0.717) is 40.2 Å². The molecule has 0 fully saturated rings. The molecule has 2 aromatic carbocycles. The highest BCUT2D eigenvalue weighted by molar-refractivity contribution is 6.39. The Bertz CT molecular complexity index is 1020. The molecule has 0 aliphatic carbocycles. The van der Waals surface area contributed by atoms with Gasteiger partial charge in [-0.05, 0) is 50.6 Å². The van der Waals surface area contributed by atoms with E-state index in [9.17, 15) is 4.79 Å². The van der Waals surface area contributed by atoms with Crippen molar-refractivity contribution in [2.24, 2.45) is 27.2 Å². The second-order valence-electron chi connectivity index (χ2n) is 8.07. The van der Waals surface area contributed by atoms with Crippen LogP contribution in [0.3, 0.4) is 0 Å². The third-order valence-corrected chi connectivity index (χ3v) is 4.65. The van der Waals surface area contributed by atoms with Crippen molar-refractivity contribution in [2.45, 2.75) is 26.4 Å². The molecule has 178 valence electrons. The molecular weight excluding hydrogens is 467 g/mol. The molecule has 0 spiro atoms. The number of carbonyl (C=O) groups is 1. The third kappa shape index (κ3) is 8.36. The zero-order valence-electron chi connectivity index (χ0n) is 18.9. The molecule has 0 saturated heterocycles. The Morgan fingerprint density at radius 2 is 1.64 bits per heavy atom. The van der Waals surface area contributed by atoms with Crippen LogP contribution in [0.4, 0.5) is 10.5 Å². The van der Waals surface area contributed by atoms with Gasteiger partial charge in [0.05, 0.1) is 22.3 Å². The maximum Gasteiger partial charge on any atom is 0.410 e. The Balaban J connectivity index is 2.05. The maximum absolute atomic E-state index is 12.0. The van der Waals surface area contributed by atoms with E-state index in [4.69, 9.17) is 49.9 Å². The van der Waals surface area contributed by atoms with E-state index >= 15 is 0 Å². The molecule has 9 nitrogen and oxygen atoms in total. The lowest BCUT2D eigenvalue weighted by Gasteiger charge is -2.24. The number of carbonyl (C=O) groups excluding carboxylic acids is 1. The highest BCUT2D eigenvalue weighted by atomic mass is 35.5. The molecule has 0 aromatic heterocycles. The monoisotopic (exact) mass is 494 g/mol. The summed E-state index contributed by atoms with van der Waals surface area (Å²) >= 11 is 12.9. The first-order chi connectivity index (χ1) is 15.4. The van der Waals surface area contributed by atoms with Crippen LogP contribution in [0.25, 0.3) is 11.1 Å². The van der Waals surface area contributed by atoms with Gasteiger partial charge in [-0.15, -0.1) is 0 Å². The predicted octanol–water partition coefficient (Wildman–Crippen LogP) is 4.13. The van der Waals surface area contributed by atoms with Crippen LogP contribution in [-0.4, -0.2) is 48.7 Å². The average molecular weight is 495 g/mol. The molecule has 0 saturated carbocycles. The first kappa shape index (κ1) is 26.1. The molecule has 2 aromatic rings. The number of amides is 1. The number of hydrogen-bond acceptors (Lipinski definition) is 4. The molecule has 2 rings (SSSR count). The Morgan fingerprint density at radius 3 is 2.15 bits per heavy atom. The summed E-state index contributed by atoms with van der Waals surface area (Å²) in [6, 6.07) is 10.5. The van der Waals surface area contributed by atoms with Gasteiger partial charge in [-0.3, -0.25) is 0 Å². The second kappa shape index (κ2) is 11.1. The number of nitrogens with two attached hydrogens (primary N) is 3. The van der Waals surface area contributed by atoms with Crippen LogP contribution < -0.4 is 21.9 Å². The zero-order valence-corrected chi connectivity index (χ0v) is 20.4. The number of hydrogen-bond donors (Lipinski definition) is 3. The largest absolute Gasteiger partial charge is 0.492 e. The maximum atomic E-state index is 12.0. The summed E-state index contributed by atoms with van der Waals surface area (Å²) in [7, 11) is 1.66. The van der Waals surface area contributed by atoms with Crippen LogP contribution in [0.2, 0.25) is 10.0 Å². The molecule has 0 atom stereocenters. The minimum absolute atomic E-state index is 0.117. The molecular formula is C22H28Cl2N6O3. The summed E-state index contributed by atoms with van der Waals surface area (Å²) in [5, 5.41) is 0.762. The van der Waals surface area contributed by atoms with E-state index in [1.165, 1.54) is 4.90 Å². The fourth-order valence-corrected chi connectivity index (χ4v) is 3.33. The van der Waals surface area contributed by atoms with E-state index in [2.05, 4.69) is 9.98 Å². The summed E-state index contributed by atoms with van der Waals surface area (Å²) in [4.78, 5) is 21.2. The van der Waals surface area contributed by atoms with E-state index < -0.39 is 11.7 Å². The quantitative estimate of drug-likeness (QED) is 0.407. The molecule has 0 aliphatic heterocycles. The van der Waals surface area contributed by atoms with Gasteiger partial charge in [0.15, 0.2) is 5.96 Å². The normalized spacial score (nSPS) is 11.6. The molecule has 11 heteroatoms. The minimum Gasteiger partial charge on any atom is -0.492 e. The fourth-order valence-electron chi connectivity index (χ4n) is 2.64. The zero-order chi connectivity index (χ0) is 24.8.